The Balaban J connectivity index is 1.56. The molecule has 0 atom stereocenters. The third-order valence-electron chi connectivity index (χ3n) is 4.33. The van der Waals surface area contributed by atoms with Crippen LogP contribution >= 0.6 is 0 Å². The third-order valence-corrected chi connectivity index (χ3v) is 4.33. The van der Waals surface area contributed by atoms with Crippen molar-refractivity contribution < 1.29 is 4.42 Å². The van der Waals surface area contributed by atoms with Gasteiger partial charge in [0.1, 0.15) is 0 Å². The molecule has 0 fully saturated rings. The molecule has 0 radical (unpaired) electrons. The van der Waals surface area contributed by atoms with Crippen molar-refractivity contribution in [1.82, 2.24) is 9.88 Å². The third kappa shape index (κ3) is 2.85. The molecule has 2 aromatic carbocycles. The van der Waals surface area contributed by atoms with E-state index in [1.165, 1.54) is 11.1 Å². The molecule has 23 heavy (non-hydrogen) atoms. The van der Waals surface area contributed by atoms with E-state index in [9.17, 15) is 4.79 Å². The largest absolute Gasteiger partial charge is 0.417 e. The smallest absolute Gasteiger partial charge is 0.407 e. The molecule has 1 N–H and O–H groups in total. The minimum absolute atomic E-state index is 0.394. The Morgan fingerprint density at radius 3 is 2.74 bits per heavy atom. The van der Waals surface area contributed by atoms with Gasteiger partial charge in [-0.15, -0.1) is 0 Å². The fraction of sp³-hybridized carbons (Fsp3) is 0.211. The van der Waals surface area contributed by atoms with Gasteiger partial charge in [0.15, 0.2) is 5.58 Å². The predicted molar refractivity (Wildman–Crippen MR) is 91.1 cm³/mol. The molecule has 0 saturated carbocycles. The predicted octanol–water partition coefficient (Wildman–Crippen LogP) is 3.41. The van der Waals surface area contributed by atoms with Crippen molar-refractivity contribution in [2.24, 2.45) is 0 Å². The number of nitrogens with one attached hydrogen (secondary N) is 1. The number of aromatic nitrogens is 1. The summed E-state index contributed by atoms with van der Waals surface area (Å²) in [6, 6.07) is 16.4. The molecule has 0 aliphatic carbocycles. The number of hydrogen-bond donors (Lipinski definition) is 1. The first kappa shape index (κ1) is 14.0. The van der Waals surface area contributed by atoms with Crippen molar-refractivity contribution in [3.8, 4) is 0 Å². The van der Waals surface area contributed by atoms with Gasteiger partial charge in [-0.25, -0.2) is 4.79 Å². The van der Waals surface area contributed by atoms with E-state index >= 15 is 0 Å². The normalized spacial score (nSPS) is 15.7. The second-order valence-corrected chi connectivity index (χ2v) is 5.90. The van der Waals surface area contributed by atoms with Crippen LogP contribution in [0, 0.1) is 0 Å². The standard InChI is InChI=1S/C19H18N2O2/c22-19-20-17-8-4-7-16(18(17)23-19)15-9-11-21(12-10-15)13-14-5-2-1-3-6-14/h1-9H,10-13H2,(H,20,22). The van der Waals surface area contributed by atoms with Gasteiger partial charge in [-0.05, 0) is 23.6 Å². The van der Waals surface area contributed by atoms with Crippen molar-refractivity contribution in [2.75, 3.05) is 13.1 Å². The molecule has 1 aliphatic rings. The number of rotatable bonds is 3. The highest BCUT2D eigenvalue weighted by Crippen LogP contribution is 2.28. The summed E-state index contributed by atoms with van der Waals surface area (Å²) < 4.78 is 5.31. The maximum Gasteiger partial charge on any atom is 0.417 e. The molecule has 0 spiro atoms. The van der Waals surface area contributed by atoms with E-state index in [1.54, 1.807) is 0 Å². The first-order chi connectivity index (χ1) is 11.3. The molecule has 0 bridgehead atoms. The summed E-state index contributed by atoms with van der Waals surface area (Å²) in [5, 5.41) is 0. The molecule has 116 valence electrons. The lowest BCUT2D eigenvalue weighted by Gasteiger charge is -2.26. The van der Waals surface area contributed by atoms with E-state index in [4.69, 9.17) is 4.42 Å². The second-order valence-electron chi connectivity index (χ2n) is 5.90. The zero-order valence-corrected chi connectivity index (χ0v) is 12.8. The number of oxazole rings is 1. The highest BCUT2D eigenvalue weighted by molar-refractivity contribution is 5.87. The maximum absolute atomic E-state index is 11.4. The summed E-state index contributed by atoms with van der Waals surface area (Å²) in [5.41, 5.74) is 5.05. The fourth-order valence-corrected chi connectivity index (χ4v) is 3.17. The molecule has 0 unspecified atom stereocenters. The second kappa shape index (κ2) is 5.89. The van der Waals surface area contributed by atoms with E-state index in [-0.39, 0.29) is 0 Å². The van der Waals surface area contributed by atoms with Crippen LogP contribution in [-0.2, 0) is 6.54 Å². The van der Waals surface area contributed by atoms with Crippen molar-refractivity contribution in [1.29, 1.82) is 0 Å². The van der Waals surface area contributed by atoms with Gasteiger partial charge in [-0.2, -0.15) is 0 Å². The zero-order chi connectivity index (χ0) is 15.6. The minimum Gasteiger partial charge on any atom is -0.407 e. The van der Waals surface area contributed by atoms with Crippen LogP contribution in [0.5, 0.6) is 0 Å². The molecule has 3 aromatic rings. The average Bonchev–Trinajstić information content (AvgIpc) is 2.97. The van der Waals surface area contributed by atoms with E-state index in [1.807, 2.05) is 24.3 Å². The quantitative estimate of drug-likeness (QED) is 0.806. The molecule has 1 aliphatic heterocycles. The van der Waals surface area contributed by atoms with Gasteiger partial charge in [0.25, 0.3) is 0 Å². The molecule has 4 rings (SSSR count). The van der Waals surface area contributed by atoms with E-state index < -0.39 is 5.76 Å². The number of para-hydroxylation sites is 1. The number of nitrogens with zero attached hydrogens (tertiary/aromatic N) is 1. The van der Waals surface area contributed by atoms with Gasteiger partial charge >= 0.3 is 5.76 Å². The van der Waals surface area contributed by atoms with Crippen LogP contribution in [0.3, 0.4) is 0 Å². The van der Waals surface area contributed by atoms with E-state index in [2.05, 4.69) is 40.2 Å². The number of hydrogen-bond acceptors (Lipinski definition) is 3. The number of H-pyrrole nitrogens is 1. The van der Waals surface area contributed by atoms with Crippen LogP contribution in [0.4, 0.5) is 0 Å². The van der Waals surface area contributed by atoms with Gasteiger partial charge in [0.2, 0.25) is 0 Å². The lowest BCUT2D eigenvalue weighted by atomic mass is 9.98. The SMILES string of the molecule is O=c1[nH]c2cccc(C3=CCN(Cc4ccccc4)CC3)c2o1. The van der Waals surface area contributed by atoms with E-state index in [0.717, 1.165) is 37.1 Å². The van der Waals surface area contributed by atoms with Gasteiger partial charge in [-0.3, -0.25) is 9.88 Å². The molecule has 4 nitrogen and oxygen atoms in total. The van der Waals surface area contributed by atoms with Gasteiger partial charge < -0.3 is 4.42 Å². The van der Waals surface area contributed by atoms with Gasteiger partial charge in [0.05, 0.1) is 5.52 Å². The van der Waals surface area contributed by atoms with Crippen molar-refractivity contribution >= 4 is 16.7 Å². The summed E-state index contributed by atoms with van der Waals surface area (Å²) in [4.78, 5) is 16.6. The summed E-state index contributed by atoms with van der Waals surface area (Å²) >= 11 is 0. The summed E-state index contributed by atoms with van der Waals surface area (Å²) in [6.07, 6.45) is 3.20. The Morgan fingerprint density at radius 1 is 1.09 bits per heavy atom. The summed E-state index contributed by atoms with van der Waals surface area (Å²) in [6.45, 7) is 2.88. The Labute approximate surface area is 134 Å². The molecule has 0 saturated heterocycles. The van der Waals surface area contributed by atoms with Crippen LogP contribution in [0.2, 0.25) is 0 Å². The molecule has 0 amide bonds. The number of fused-ring (bicyclic) bond motifs is 1. The highest BCUT2D eigenvalue weighted by Gasteiger charge is 2.16. The van der Waals surface area contributed by atoms with Crippen LogP contribution in [0.15, 0.2) is 63.8 Å². The Hall–Kier alpha value is -2.59. The lowest BCUT2D eigenvalue weighted by molar-refractivity contribution is 0.294. The van der Waals surface area contributed by atoms with Gasteiger partial charge in [-0.1, -0.05) is 48.5 Å². The first-order valence-corrected chi connectivity index (χ1v) is 7.87. The minimum atomic E-state index is -0.394. The number of aromatic amines is 1. The van der Waals surface area contributed by atoms with Crippen molar-refractivity contribution in [2.45, 2.75) is 13.0 Å². The topological polar surface area (TPSA) is 49.2 Å². The average molecular weight is 306 g/mol. The van der Waals surface area contributed by atoms with Crippen molar-refractivity contribution in [3.05, 3.63) is 76.3 Å². The van der Waals surface area contributed by atoms with Crippen molar-refractivity contribution in [3.63, 3.8) is 0 Å². The maximum atomic E-state index is 11.4. The molecule has 4 heteroatoms. The Morgan fingerprint density at radius 2 is 1.96 bits per heavy atom. The van der Waals surface area contributed by atoms with Crippen LogP contribution in [0.25, 0.3) is 16.7 Å². The molecule has 1 aromatic heterocycles. The Kier molecular flexibility index (Phi) is 3.60. The Bertz CT molecular complexity index is 906. The van der Waals surface area contributed by atoms with E-state index in [0.29, 0.717) is 5.58 Å². The van der Waals surface area contributed by atoms with Gasteiger partial charge in [0, 0.05) is 25.2 Å². The lowest BCUT2D eigenvalue weighted by Crippen LogP contribution is -2.28. The number of benzene rings is 2. The van der Waals surface area contributed by atoms with Crippen LogP contribution in [-0.4, -0.2) is 23.0 Å². The zero-order valence-electron chi connectivity index (χ0n) is 12.8. The van der Waals surface area contributed by atoms with Crippen LogP contribution < -0.4 is 5.76 Å². The monoisotopic (exact) mass is 306 g/mol. The molecule has 2 heterocycles. The summed E-state index contributed by atoms with van der Waals surface area (Å²) in [5.74, 6) is -0.394. The fourth-order valence-electron chi connectivity index (χ4n) is 3.17. The summed E-state index contributed by atoms with van der Waals surface area (Å²) in [7, 11) is 0. The molecular weight excluding hydrogens is 288 g/mol. The van der Waals surface area contributed by atoms with Crippen LogP contribution in [0.1, 0.15) is 17.5 Å². The molecular formula is C19H18N2O2. The highest BCUT2D eigenvalue weighted by atomic mass is 16.4. The first-order valence-electron chi connectivity index (χ1n) is 7.87.